The van der Waals surface area contributed by atoms with Gasteiger partial charge in [0.1, 0.15) is 17.6 Å². The molecule has 1 unspecified atom stereocenters. The number of carbonyl (C=O) groups excluding carboxylic acids is 1. The summed E-state index contributed by atoms with van der Waals surface area (Å²) in [5, 5.41) is 12.1. The van der Waals surface area contributed by atoms with E-state index in [1.165, 1.54) is 7.11 Å². The Kier molecular flexibility index (Phi) is 12.7. The number of alkyl halides is 3. The summed E-state index contributed by atoms with van der Waals surface area (Å²) in [4.78, 5) is 40.7. The second-order valence-corrected chi connectivity index (χ2v) is 12.3. The van der Waals surface area contributed by atoms with Gasteiger partial charge >= 0.3 is 12.1 Å². The second kappa shape index (κ2) is 16.1. The minimum absolute atomic E-state index is 0.00431. The van der Waals surface area contributed by atoms with Crippen LogP contribution >= 0.6 is 0 Å². The molecule has 2 atom stereocenters. The minimum atomic E-state index is -4.78. The normalized spacial score (nSPS) is 15.6. The number of methoxy groups -OCH3 is 1. The van der Waals surface area contributed by atoms with Crippen molar-refractivity contribution in [1.29, 1.82) is 0 Å². The monoisotopic (exact) mass is 661 g/mol. The molecule has 8 nitrogen and oxygen atoms in total. The molecular formula is C35H43F4N3O5. The number of carboxylic acids is 1. The van der Waals surface area contributed by atoms with Gasteiger partial charge in [0.15, 0.2) is 0 Å². The van der Waals surface area contributed by atoms with Crippen LogP contribution < -0.4 is 15.6 Å². The van der Waals surface area contributed by atoms with E-state index >= 15 is 4.39 Å². The number of allylic oxidation sites excluding steroid dienone is 4. The first-order chi connectivity index (χ1) is 22.0. The summed E-state index contributed by atoms with van der Waals surface area (Å²) in [7, 11) is 1.46. The molecule has 2 heterocycles. The number of amides is 1. The summed E-state index contributed by atoms with van der Waals surface area (Å²) in [5.74, 6) is -3.07. The second-order valence-electron chi connectivity index (χ2n) is 12.3. The molecule has 1 aromatic heterocycles. The van der Waals surface area contributed by atoms with Crippen molar-refractivity contribution >= 4 is 17.4 Å². The quantitative estimate of drug-likeness (QED) is 0.167. The summed E-state index contributed by atoms with van der Waals surface area (Å²) in [6.45, 7) is 12.8. The molecule has 1 saturated heterocycles. The van der Waals surface area contributed by atoms with Crippen LogP contribution in [0.4, 0.5) is 17.6 Å². The minimum Gasteiger partial charge on any atom is -0.496 e. The van der Waals surface area contributed by atoms with Crippen LogP contribution in [0.2, 0.25) is 0 Å². The number of carbonyl (C=O) groups is 2. The number of hydrogen-bond donors (Lipinski definition) is 2. The standard InChI is InChI=1S/C35H43F4N3O5/c1-21(2)15-25(33-23(5)9-7-10-30(33)47-6)17-27(36)28(19-32(44)45)40-34(46)29(16-22(3)4)42-20-24(11-14-41-12-8-13-41)26(18-31(42)43)35(37,38)39/h7,9-10,15,17-18,20,22,28-29H,1,8,11-14,16,19H2,2-6H3,(H,40,46)(H,44,45)/b25-15+,27-17-/t28-,29?/m0/s1. The van der Waals surface area contributed by atoms with Gasteiger partial charge in [-0.2, -0.15) is 13.2 Å². The highest BCUT2D eigenvalue weighted by molar-refractivity contribution is 5.84. The van der Waals surface area contributed by atoms with Crippen LogP contribution in [-0.4, -0.2) is 59.2 Å². The first-order valence-corrected chi connectivity index (χ1v) is 15.5. The van der Waals surface area contributed by atoms with Gasteiger partial charge in [0, 0.05) is 24.4 Å². The van der Waals surface area contributed by atoms with Crippen molar-refractivity contribution in [2.24, 2.45) is 5.92 Å². The summed E-state index contributed by atoms with van der Waals surface area (Å²) < 4.78 is 64.4. The molecule has 2 N–H and O–H groups in total. The van der Waals surface area contributed by atoms with Gasteiger partial charge in [0.05, 0.1) is 25.1 Å². The summed E-state index contributed by atoms with van der Waals surface area (Å²) in [6, 6.07) is 2.74. The molecule has 256 valence electrons. The van der Waals surface area contributed by atoms with Crippen LogP contribution in [0.3, 0.4) is 0 Å². The van der Waals surface area contributed by atoms with Crippen molar-refractivity contribution in [1.82, 2.24) is 14.8 Å². The zero-order valence-corrected chi connectivity index (χ0v) is 27.4. The van der Waals surface area contributed by atoms with E-state index in [9.17, 15) is 32.7 Å². The van der Waals surface area contributed by atoms with Gasteiger partial charge in [0.25, 0.3) is 5.56 Å². The van der Waals surface area contributed by atoms with E-state index in [1.807, 2.05) is 4.90 Å². The SMILES string of the molecule is C=C(C)/C=C(\C=C(/F)[C@H](CC(=O)O)NC(=O)C(CC(C)C)n1cc(CCN2CCC2)c(C(F)(F)F)cc1=O)c1c(C)cccc1OC. The first-order valence-electron chi connectivity index (χ1n) is 15.5. The van der Waals surface area contributed by atoms with E-state index in [0.29, 0.717) is 35.1 Å². The fraction of sp³-hybridized carbons (Fsp3) is 0.457. The Morgan fingerprint density at radius 2 is 1.87 bits per heavy atom. The summed E-state index contributed by atoms with van der Waals surface area (Å²) in [5.41, 5.74) is -0.0907. The Bertz CT molecular complexity index is 1590. The number of aromatic nitrogens is 1. The lowest BCUT2D eigenvalue weighted by Gasteiger charge is -2.31. The van der Waals surface area contributed by atoms with Crippen LogP contribution in [0.15, 0.2) is 65.4 Å². The zero-order chi connectivity index (χ0) is 35.1. The van der Waals surface area contributed by atoms with Gasteiger partial charge in [0.2, 0.25) is 5.91 Å². The van der Waals surface area contributed by atoms with Crippen LogP contribution in [-0.2, 0) is 22.2 Å². The van der Waals surface area contributed by atoms with Gasteiger partial charge in [-0.25, -0.2) is 4.39 Å². The molecule has 3 rings (SSSR count). The Labute approximate surface area is 272 Å². The first kappa shape index (κ1) is 37.3. The molecule has 0 radical (unpaired) electrons. The smallest absolute Gasteiger partial charge is 0.416 e. The third-order valence-corrected chi connectivity index (χ3v) is 7.91. The molecule has 1 aromatic carbocycles. The Morgan fingerprint density at radius 3 is 2.40 bits per heavy atom. The number of nitrogens with zero attached hydrogens (tertiary/aromatic N) is 2. The lowest BCUT2D eigenvalue weighted by molar-refractivity contribution is -0.139. The van der Waals surface area contributed by atoms with E-state index in [-0.39, 0.29) is 24.3 Å². The third-order valence-electron chi connectivity index (χ3n) is 7.91. The summed E-state index contributed by atoms with van der Waals surface area (Å²) >= 11 is 0. The van der Waals surface area contributed by atoms with Crippen molar-refractivity contribution in [2.75, 3.05) is 26.7 Å². The predicted octanol–water partition coefficient (Wildman–Crippen LogP) is 6.49. The van der Waals surface area contributed by atoms with Gasteiger partial charge in [-0.05, 0) is 81.0 Å². The topological polar surface area (TPSA) is 101 Å². The Hall–Kier alpha value is -4.19. The van der Waals surface area contributed by atoms with Crippen LogP contribution in [0, 0.1) is 12.8 Å². The maximum Gasteiger partial charge on any atom is 0.416 e. The molecule has 12 heteroatoms. The highest BCUT2D eigenvalue weighted by Crippen LogP contribution is 2.34. The molecule has 1 fully saturated rings. The maximum absolute atomic E-state index is 16.1. The largest absolute Gasteiger partial charge is 0.496 e. The molecule has 1 amide bonds. The lowest BCUT2D eigenvalue weighted by Crippen LogP contribution is -2.44. The van der Waals surface area contributed by atoms with Gasteiger partial charge in [-0.15, -0.1) is 0 Å². The van der Waals surface area contributed by atoms with Gasteiger partial charge in [-0.1, -0.05) is 44.2 Å². The zero-order valence-electron chi connectivity index (χ0n) is 27.4. The highest BCUT2D eigenvalue weighted by Gasteiger charge is 2.36. The molecular weight excluding hydrogens is 618 g/mol. The average Bonchev–Trinajstić information content (AvgIpc) is 2.93. The number of pyridine rings is 1. The van der Waals surface area contributed by atoms with Crippen molar-refractivity contribution in [3.63, 3.8) is 0 Å². The van der Waals surface area contributed by atoms with E-state index in [4.69, 9.17) is 4.74 Å². The number of aliphatic carboxylic acids is 1. The predicted molar refractivity (Wildman–Crippen MR) is 173 cm³/mol. The molecule has 0 spiro atoms. The van der Waals surface area contributed by atoms with E-state index in [0.717, 1.165) is 41.9 Å². The van der Waals surface area contributed by atoms with Crippen LogP contribution in [0.25, 0.3) is 5.57 Å². The third kappa shape index (κ3) is 10.1. The van der Waals surface area contributed by atoms with Crippen molar-refractivity contribution in [3.05, 3.63) is 93.2 Å². The average molecular weight is 662 g/mol. The Balaban J connectivity index is 2.06. The van der Waals surface area contributed by atoms with Gasteiger partial charge in [-0.3, -0.25) is 14.4 Å². The number of benzene rings is 1. The number of nitrogens with one attached hydrogen (secondary N) is 1. The number of carboxylic acid groups (broad SMARTS) is 1. The van der Waals surface area contributed by atoms with E-state index < -0.39 is 53.5 Å². The Morgan fingerprint density at radius 1 is 1.19 bits per heavy atom. The summed E-state index contributed by atoms with van der Waals surface area (Å²) in [6.07, 6.45) is -0.885. The molecule has 0 saturated carbocycles. The van der Waals surface area contributed by atoms with Crippen LogP contribution in [0.5, 0.6) is 5.75 Å². The fourth-order valence-corrected chi connectivity index (χ4v) is 5.52. The number of hydrogen-bond acceptors (Lipinski definition) is 5. The maximum atomic E-state index is 16.1. The van der Waals surface area contributed by atoms with Gasteiger partial charge < -0.3 is 24.6 Å². The van der Waals surface area contributed by atoms with Crippen molar-refractivity contribution in [3.8, 4) is 5.75 Å². The molecule has 2 aromatic rings. The number of likely N-dealkylation sites (tertiary alicyclic amines) is 1. The highest BCUT2D eigenvalue weighted by atomic mass is 19.4. The molecule has 0 aliphatic carbocycles. The number of ether oxygens (including phenoxy) is 1. The van der Waals surface area contributed by atoms with E-state index in [1.54, 1.807) is 52.0 Å². The van der Waals surface area contributed by atoms with Crippen LogP contribution in [0.1, 0.15) is 68.3 Å². The molecule has 1 aliphatic heterocycles. The fourth-order valence-electron chi connectivity index (χ4n) is 5.52. The number of rotatable bonds is 15. The van der Waals surface area contributed by atoms with Crippen molar-refractivity contribution < 1.29 is 37.0 Å². The lowest BCUT2D eigenvalue weighted by atomic mass is 9.96. The number of halogens is 4. The molecule has 0 bridgehead atoms. The van der Waals surface area contributed by atoms with Crippen molar-refractivity contribution in [2.45, 2.75) is 71.6 Å². The van der Waals surface area contributed by atoms with E-state index in [2.05, 4.69) is 11.9 Å². The number of aryl methyl sites for hydroxylation is 1. The molecule has 1 aliphatic rings. The molecule has 47 heavy (non-hydrogen) atoms.